The Morgan fingerprint density at radius 1 is 1.14 bits per heavy atom. The van der Waals surface area contributed by atoms with Gasteiger partial charge in [-0.15, -0.1) is 0 Å². The molecule has 0 aliphatic rings. The number of carbonyl (C=O) groups excluding carboxylic acids is 2. The number of aromatic nitrogens is 2. The first-order valence-corrected chi connectivity index (χ1v) is 9.23. The van der Waals surface area contributed by atoms with Crippen LogP contribution in [-0.2, 0) is 11.3 Å². The number of alkyl halides is 2. The molecule has 0 aliphatic heterocycles. The quantitative estimate of drug-likeness (QED) is 0.531. The summed E-state index contributed by atoms with van der Waals surface area (Å²) in [7, 11) is 0. The fourth-order valence-electron chi connectivity index (χ4n) is 2.73. The van der Waals surface area contributed by atoms with E-state index in [1.165, 1.54) is 25.1 Å². The average molecular weight is 438 g/mol. The van der Waals surface area contributed by atoms with E-state index in [2.05, 4.69) is 10.4 Å². The van der Waals surface area contributed by atoms with Crippen LogP contribution in [-0.4, -0.2) is 21.5 Å². The van der Waals surface area contributed by atoms with Crippen LogP contribution in [0.25, 0.3) is 0 Å². The molecule has 1 amide bonds. The average Bonchev–Trinajstić information content (AvgIpc) is 2.98. The van der Waals surface area contributed by atoms with Crippen LogP contribution in [0.2, 0.25) is 10.0 Å². The predicted molar refractivity (Wildman–Crippen MR) is 107 cm³/mol. The molecule has 0 fully saturated rings. The Bertz CT molecular complexity index is 1070. The standard InChI is InChI=1S/C20H15Cl2F2N3O2/c1-11-17(22)18(20(23)24)26-27(11)10-16(28)25-15-8-7-13(21)9-14(15)19(29)12-5-3-2-4-6-12/h2-9,20H,10H2,1H3,(H,25,28). The summed E-state index contributed by atoms with van der Waals surface area (Å²) in [6.07, 6.45) is -2.85. The highest BCUT2D eigenvalue weighted by molar-refractivity contribution is 6.32. The van der Waals surface area contributed by atoms with Crippen molar-refractivity contribution in [3.05, 3.63) is 81.1 Å². The number of anilines is 1. The van der Waals surface area contributed by atoms with Gasteiger partial charge >= 0.3 is 0 Å². The van der Waals surface area contributed by atoms with E-state index in [9.17, 15) is 18.4 Å². The molecule has 1 heterocycles. The number of amides is 1. The molecular formula is C20H15Cl2F2N3O2. The number of benzene rings is 2. The second-order valence-corrected chi connectivity index (χ2v) is 6.99. The lowest BCUT2D eigenvalue weighted by molar-refractivity contribution is -0.117. The molecule has 1 aromatic heterocycles. The molecule has 3 aromatic rings. The number of ketones is 1. The van der Waals surface area contributed by atoms with Crippen molar-refractivity contribution in [3.63, 3.8) is 0 Å². The van der Waals surface area contributed by atoms with E-state index in [0.29, 0.717) is 10.6 Å². The maximum absolute atomic E-state index is 12.9. The van der Waals surface area contributed by atoms with Gasteiger partial charge in [0.05, 0.1) is 16.4 Å². The number of nitrogens with zero attached hydrogens (tertiary/aromatic N) is 2. The Labute approximate surface area is 175 Å². The third-order valence-corrected chi connectivity index (χ3v) is 4.90. The summed E-state index contributed by atoms with van der Waals surface area (Å²) in [6, 6.07) is 13.0. The molecule has 1 N–H and O–H groups in total. The summed E-state index contributed by atoms with van der Waals surface area (Å²) >= 11 is 11.9. The minimum Gasteiger partial charge on any atom is -0.324 e. The zero-order chi connectivity index (χ0) is 21.1. The molecule has 0 saturated carbocycles. The smallest absolute Gasteiger partial charge is 0.283 e. The maximum Gasteiger partial charge on any atom is 0.283 e. The molecular weight excluding hydrogens is 423 g/mol. The van der Waals surface area contributed by atoms with Crippen LogP contribution >= 0.6 is 23.2 Å². The molecule has 9 heteroatoms. The van der Waals surface area contributed by atoms with Crippen molar-refractivity contribution in [1.82, 2.24) is 9.78 Å². The molecule has 0 bridgehead atoms. The normalized spacial score (nSPS) is 11.0. The fraction of sp³-hybridized carbons (Fsp3) is 0.150. The van der Waals surface area contributed by atoms with Crippen molar-refractivity contribution in [2.45, 2.75) is 19.9 Å². The lowest BCUT2D eigenvalue weighted by Crippen LogP contribution is -2.21. The van der Waals surface area contributed by atoms with Gasteiger partial charge in [-0.25, -0.2) is 8.78 Å². The molecule has 3 rings (SSSR count). The second-order valence-electron chi connectivity index (χ2n) is 6.18. The van der Waals surface area contributed by atoms with Crippen molar-refractivity contribution in [1.29, 1.82) is 0 Å². The summed E-state index contributed by atoms with van der Waals surface area (Å²) in [5, 5.41) is 6.46. The maximum atomic E-state index is 12.9. The topological polar surface area (TPSA) is 64.0 Å². The fourth-order valence-corrected chi connectivity index (χ4v) is 3.12. The molecule has 0 atom stereocenters. The Balaban J connectivity index is 1.85. The van der Waals surface area contributed by atoms with E-state index in [0.717, 1.165) is 4.68 Å². The number of hydrogen-bond donors (Lipinski definition) is 1. The number of nitrogens with one attached hydrogen (secondary N) is 1. The van der Waals surface area contributed by atoms with Gasteiger partial charge in [0, 0.05) is 16.1 Å². The van der Waals surface area contributed by atoms with Crippen LogP contribution in [0.5, 0.6) is 0 Å². The van der Waals surface area contributed by atoms with E-state index >= 15 is 0 Å². The van der Waals surface area contributed by atoms with Crippen molar-refractivity contribution in [2.24, 2.45) is 0 Å². The Hall–Kier alpha value is -2.77. The number of hydrogen-bond acceptors (Lipinski definition) is 3. The molecule has 5 nitrogen and oxygen atoms in total. The third-order valence-electron chi connectivity index (χ3n) is 4.19. The predicted octanol–water partition coefficient (Wildman–Crippen LogP) is 5.31. The molecule has 0 unspecified atom stereocenters. The summed E-state index contributed by atoms with van der Waals surface area (Å²) in [6.45, 7) is 1.14. The van der Waals surface area contributed by atoms with E-state index in [-0.39, 0.29) is 34.3 Å². The van der Waals surface area contributed by atoms with Gasteiger partial charge in [0.1, 0.15) is 12.2 Å². The van der Waals surface area contributed by atoms with Crippen LogP contribution in [0.4, 0.5) is 14.5 Å². The van der Waals surface area contributed by atoms with Crippen LogP contribution in [0, 0.1) is 6.92 Å². The second kappa shape index (κ2) is 8.71. The summed E-state index contributed by atoms with van der Waals surface area (Å²) in [4.78, 5) is 25.3. The minimum atomic E-state index is -2.85. The monoisotopic (exact) mass is 437 g/mol. The highest BCUT2D eigenvalue weighted by Crippen LogP contribution is 2.29. The van der Waals surface area contributed by atoms with Crippen LogP contribution in [0.3, 0.4) is 0 Å². The van der Waals surface area contributed by atoms with Crippen molar-refractivity contribution in [3.8, 4) is 0 Å². The molecule has 0 aliphatic carbocycles. The van der Waals surface area contributed by atoms with Crippen LogP contribution in [0.1, 0.15) is 33.7 Å². The molecule has 150 valence electrons. The van der Waals surface area contributed by atoms with E-state index in [1.807, 2.05) is 0 Å². The minimum absolute atomic E-state index is 0.181. The van der Waals surface area contributed by atoms with Gasteiger partial charge < -0.3 is 5.32 Å². The largest absolute Gasteiger partial charge is 0.324 e. The lowest BCUT2D eigenvalue weighted by Gasteiger charge is -2.12. The zero-order valence-corrected chi connectivity index (χ0v) is 16.6. The lowest BCUT2D eigenvalue weighted by atomic mass is 10.0. The number of halogens is 4. The van der Waals surface area contributed by atoms with E-state index in [1.54, 1.807) is 30.3 Å². The first-order valence-electron chi connectivity index (χ1n) is 8.48. The van der Waals surface area contributed by atoms with Crippen molar-refractivity contribution < 1.29 is 18.4 Å². The first-order chi connectivity index (χ1) is 13.8. The Morgan fingerprint density at radius 2 is 1.83 bits per heavy atom. The molecule has 0 radical (unpaired) electrons. The summed E-state index contributed by atoms with van der Waals surface area (Å²) < 4.78 is 27.0. The van der Waals surface area contributed by atoms with E-state index < -0.39 is 18.0 Å². The van der Waals surface area contributed by atoms with Crippen molar-refractivity contribution in [2.75, 3.05) is 5.32 Å². The van der Waals surface area contributed by atoms with Gasteiger partial charge in [0.15, 0.2) is 5.78 Å². The SMILES string of the molecule is Cc1c(Cl)c(C(F)F)nn1CC(=O)Nc1ccc(Cl)cc1C(=O)c1ccccc1. The van der Waals surface area contributed by atoms with Gasteiger partial charge in [-0.3, -0.25) is 14.3 Å². The molecule has 0 saturated heterocycles. The highest BCUT2D eigenvalue weighted by atomic mass is 35.5. The highest BCUT2D eigenvalue weighted by Gasteiger charge is 2.22. The number of rotatable bonds is 6. The summed E-state index contributed by atoms with van der Waals surface area (Å²) in [5.74, 6) is -0.876. The van der Waals surface area contributed by atoms with Gasteiger partial charge in [-0.05, 0) is 25.1 Å². The van der Waals surface area contributed by atoms with Crippen LogP contribution < -0.4 is 5.32 Å². The van der Waals surface area contributed by atoms with E-state index in [4.69, 9.17) is 23.2 Å². The number of carbonyl (C=O) groups is 2. The van der Waals surface area contributed by atoms with Gasteiger partial charge in [0.25, 0.3) is 6.43 Å². The van der Waals surface area contributed by atoms with Crippen LogP contribution in [0.15, 0.2) is 48.5 Å². The van der Waals surface area contributed by atoms with Gasteiger partial charge in [-0.2, -0.15) is 5.10 Å². The van der Waals surface area contributed by atoms with Crippen molar-refractivity contribution >= 4 is 40.6 Å². The Morgan fingerprint density at radius 3 is 2.45 bits per heavy atom. The third kappa shape index (κ3) is 4.63. The molecule has 0 spiro atoms. The molecule has 29 heavy (non-hydrogen) atoms. The zero-order valence-electron chi connectivity index (χ0n) is 15.1. The first kappa shape index (κ1) is 21.0. The van der Waals surface area contributed by atoms with Gasteiger partial charge in [0.2, 0.25) is 5.91 Å². The summed E-state index contributed by atoms with van der Waals surface area (Å²) in [5.41, 5.74) is 0.553. The van der Waals surface area contributed by atoms with Gasteiger partial charge in [-0.1, -0.05) is 53.5 Å². The Kier molecular flexibility index (Phi) is 6.30. The molecule has 2 aromatic carbocycles.